The molecule has 2 aromatic heterocycles. The predicted molar refractivity (Wildman–Crippen MR) is 89.6 cm³/mol. The molecule has 0 aromatic carbocycles. The van der Waals surface area contributed by atoms with Gasteiger partial charge in [0.15, 0.2) is 0 Å². The van der Waals surface area contributed by atoms with E-state index >= 15 is 0 Å². The highest BCUT2D eigenvalue weighted by molar-refractivity contribution is 7.10. The van der Waals surface area contributed by atoms with Crippen LogP contribution in [-0.4, -0.2) is 6.04 Å². The summed E-state index contributed by atoms with van der Waals surface area (Å²) in [6.45, 7) is 4.79. The molecule has 0 amide bonds. The van der Waals surface area contributed by atoms with Crippen molar-refractivity contribution in [3.8, 4) is 0 Å². The molecule has 0 aliphatic heterocycles. The van der Waals surface area contributed by atoms with Gasteiger partial charge >= 0.3 is 0 Å². The Morgan fingerprint density at radius 1 is 1.25 bits per heavy atom. The van der Waals surface area contributed by atoms with Crippen molar-refractivity contribution in [2.75, 3.05) is 0 Å². The average molecular weight is 306 g/mol. The van der Waals surface area contributed by atoms with Crippen LogP contribution in [0.2, 0.25) is 0 Å². The lowest BCUT2D eigenvalue weighted by Crippen LogP contribution is -2.32. The Hall–Kier alpha value is -0.640. The molecule has 0 bridgehead atoms. The van der Waals surface area contributed by atoms with Gasteiger partial charge in [-0.2, -0.15) is 0 Å². The zero-order valence-corrected chi connectivity index (χ0v) is 13.9. The van der Waals surface area contributed by atoms with Crippen LogP contribution in [0.25, 0.3) is 0 Å². The van der Waals surface area contributed by atoms with Crippen molar-refractivity contribution in [3.05, 3.63) is 44.8 Å². The SMILES string of the molecule is CC1(C)CCC(NC(Cc2cccs2)c2cccs2)C1. The molecule has 1 saturated carbocycles. The molecule has 1 aliphatic carbocycles. The number of nitrogens with one attached hydrogen (secondary N) is 1. The van der Waals surface area contributed by atoms with Gasteiger partial charge in [-0.3, -0.25) is 0 Å². The third-order valence-corrected chi connectivity index (χ3v) is 6.16. The maximum atomic E-state index is 3.93. The molecule has 2 heterocycles. The molecule has 20 heavy (non-hydrogen) atoms. The van der Waals surface area contributed by atoms with E-state index in [0.717, 1.165) is 6.42 Å². The van der Waals surface area contributed by atoms with Gasteiger partial charge in [-0.25, -0.2) is 0 Å². The quantitative estimate of drug-likeness (QED) is 0.794. The van der Waals surface area contributed by atoms with Crippen molar-refractivity contribution in [2.45, 2.75) is 51.6 Å². The molecular formula is C17H23NS2. The summed E-state index contributed by atoms with van der Waals surface area (Å²) in [6.07, 6.45) is 5.09. The number of rotatable bonds is 5. The summed E-state index contributed by atoms with van der Waals surface area (Å²) in [7, 11) is 0. The van der Waals surface area contributed by atoms with E-state index in [9.17, 15) is 0 Å². The fraction of sp³-hybridized carbons (Fsp3) is 0.529. The van der Waals surface area contributed by atoms with Gasteiger partial charge in [0.05, 0.1) is 0 Å². The summed E-state index contributed by atoms with van der Waals surface area (Å²) in [4.78, 5) is 2.95. The van der Waals surface area contributed by atoms with Gasteiger partial charge in [0.1, 0.15) is 0 Å². The highest BCUT2D eigenvalue weighted by Crippen LogP contribution is 2.38. The number of thiophene rings is 2. The summed E-state index contributed by atoms with van der Waals surface area (Å²) in [5.41, 5.74) is 0.514. The monoisotopic (exact) mass is 305 g/mol. The Kier molecular flexibility index (Phi) is 4.29. The second-order valence-electron chi connectivity index (χ2n) is 6.62. The van der Waals surface area contributed by atoms with Gasteiger partial charge in [-0.05, 0) is 47.6 Å². The van der Waals surface area contributed by atoms with Crippen molar-refractivity contribution in [1.29, 1.82) is 0 Å². The van der Waals surface area contributed by atoms with E-state index in [2.05, 4.69) is 54.2 Å². The van der Waals surface area contributed by atoms with Crippen LogP contribution < -0.4 is 5.32 Å². The van der Waals surface area contributed by atoms with Gasteiger partial charge in [0.2, 0.25) is 0 Å². The molecule has 1 nitrogen and oxygen atoms in total. The molecule has 2 unspecified atom stereocenters. The van der Waals surface area contributed by atoms with Crippen LogP contribution in [0.4, 0.5) is 0 Å². The highest BCUT2D eigenvalue weighted by atomic mass is 32.1. The van der Waals surface area contributed by atoms with Crippen LogP contribution in [0, 0.1) is 5.41 Å². The van der Waals surface area contributed by atoms with E-state index in [-0.39, 0.29) is 0 Å². The minimum Gasteiger partial charge on any atom is -0.306 e. The van der Waals surface area contributed by atoms with Crippen LogP contribution in [0.15, 0.2) is 35.0 Å². The van der Waals surface area contributed by atoms with Crippen molar-refractivity contribution in [2.24, 2.45) is 5.41 Å². The second kappa shape index (κ2) is 6.00. The first kappa shape index (κ1) is 14.3. The first-order valence-electron chi connectivity index (χ1n) is 7.44. The average Bonchev–Trinajstić information content (AvgIpc) is 3.10. The molecule has 0 spiro atoms. The Labute approximate surface area is 130 Å². The van der Waals surface area contributed by atoms with E-state index < -0.39 is 0 Å². The lowest BCUT2D eigenvalue weighted by molar-refractivity contribution is 0.353. The Morgan fingerprint density at radius 3 is 2.65 bits per heavy atom. The lowest BCUT2D eigenvalue weighted by atomic mass is 9.91. The van der Waals surface area contributed by atoms with E-state index in [1.165, 1.54) is 29.0 Å². The molecule has 1 N–H and O–H groups in total. The van der Waals surface area contributed by atoms with Crippen molar-refractivity contribution in [1.82, 2.24) is 5.32 Å². The molecule has 2 atom stereocenters. The van der Waals surface area contributed by atoms with Crippen LogP contribution in [0.3, 0.4) is 0 Å². The van der Waals surface area contributed by atoms with E-state index in [4.69, 9.17) is 0 Å². The van der Waals surface area contributed by atoms with Crippen molar-refractivity contribution < 1.29 is 0 Å². The Bertz CT molecular complexity index is 513. The van der Waals surface area contributed by atoms with Crippen molar-refractivity contribution in [3.63, 3.8) is 0 Å². The third kappa shape index (κ3) is 3.51. The summed E-state index contributed by atoms with van der Waals surface area (Å²) in [6, 6.07) is 10.0. The number of hydrogen-bond acceptors (Lipinski definition) is 3. The molecule has 1 aliphatic rings. The highest BCUT2D eigenvalue weighted by Gasteiger charge is 2.32. The molecule has 0 saturated heterocycles. The van der Waals surface area contributed by atoms with Crippen LogP contribution in [-0.2, 0) is 6.42 Å². The summed E-state index contributed by atoms with van der Waals surface area (Å²) >= 11 is 3.75. The Morgan fingerprint density at radius 2 is 2.05 bits per heavy atom. The predicted octanol–water partition coefficient (Wildman–Crippen LogP) is 5.26. The molecule has 3 heteroatoms. The van der Waals surface area contributed by atoms with Crippen LogP contribution in [0.1, 0.15) is 48.9 Å². The normalized spacial score (nSPS) is 23.0. The molecule has 3 rings (SSSR count). The minimum absolute atomic E-state index is 0.479. The fourth-order valence-corrected chi connectivity index (χ4v) is 4.76. The van der Waals surface area contributed by atoms with Gasteiger partial charge < -0.3 is 5.32 Å². The van der Waals surface area contributed by atoms with Gasteiger partial charge in [-0.1, -0.05) is 26.0 Å². The summed E-state index contributed by atoms with van der Waals surface area (Å²) in [5, 5.41) is 8.30. The molecule has 0 radical (unpaired) electrons. The zero-order valence-electron chi connectivity index (χ0n) is 12.3. The Balaban J connectivity index is 1.70. The van der Waals surface area contributed by atoms with E-state index in [1.54, 1.807) is 0 Å². The smallest absolute Gasteiger partial charge is 0.0465 e. The van der Waals surface area contributed by atoms with Crippen molar-refractivity contribution >= 4 is 22.7 Å². The summed E-state index contributed by atoms with van der Waals surface area (Å²) < 4.78 is 0. The standard InChI is InChI=1S/C17H23NS2/c1-17(2)8-7-13(12-17)18-15(16-6-4-10-20-16)11-14-5-3-9-19-14/h3-6,9-10,13,15,18H,7-8,11-12H2,1-2H3. The third-order valence-electron chi connectivity index (χ3n) is 4.28. The van der Waals surface area contributed by atoms with E-state index in [0.29, 0.717) is 17.5 Å². The topological polar surface area (TPSA) is 12.0 Å². The van der Waals surface area contributed by atoms with Crippen LogP contribution >= 0.6 is 22.7 Å². The van der Waals surface area contributed by atoms with Gasteiger partial charge in [0, 0.05) is 28.3 Å². The fourth-order valence-electron chi connectivity index (χ4n) is 3.22. The van der Waals surface area contributed by atoms with Gasteiger partial charge in [-0.15, -0.1) is 22.7 Å². The maximum absolute atomic E-state index is 3.93. The summed E-state index contributed by atoms with van der Waals surface area (Å²) in [5.74, 6) is 0. The van der Waals surface area contributed by atoms with Gasteiger partial charge in [0.25, 0.3) is 0 Å². The molecular weight excluding hydrogens is 282 g/mol. The number of hydrogen-bond donors (Lipinski definition) is 1. The second-order valence-corrected chi connectivity index (χ2v) is 8.63. The molecule has 2 aromatic rings. The minimum atomic E-state index is 0.479. The zero-order chi connectivity index (χ0) is 14.0. The van der Waals surface area contributed by atoms with Crippen LogP contribution in [0.5, 0.6) is 0 Å². The van der Waals surface area contributed by atoms with E-state index in [1.807, 2.05) is 22.7 Å². The first-order valence-corrected chi connectivity index (χ1v) is 9.20. The molecule has 1 fully saturated rings. The lowest BCUT2D eigenvalue weighted by Gasteiger charge is -2.23. The first-order chi connectivity index (χ1) is 9.62. The molecule has 108 valence electrons. The largest absolute Gasteiger partial charge is 0.306 e. The maximum Gasteiger partial charge on any atom is 0.0465 e.